The molecule has 4 rings (SSSR count). The van der Waals surface area contributed by atoms with E-state index in [0.717, 1.165) is 41.0 Å². The van der Waals surface area contributed by atoms with Gasteiger partial charge in [0.05, 0.1) is 21.6 Å². The van der Waals surface area contributed by atoms with Gasteiger partial charge in [-0.25, -0.2) is 13.4 Å². The lowest BCUT2D eigenvalue weighted by Crippen LogP contribution is -2.16. The summed E-state index contributed by atoms with van der Waals surface area (Å²) in [4.78, 5) is 5.06. The minimum absolute atomic E-state index is 0.0304. The Kier molecular flexibility index (Phi) is 6.30. The van der Waals surface area contributed by atoms with Crippen LogP contribution < -0.4 is 4.72 Å². The van der Waals surface area contributed by atoms with Gasteiger partial charge >= 0.3 is 0 Å². The highest BCUT2D eigenvalue weighted by atomic mass is 32.2. The quantitative estimate of drug-likeness (QED) is 0.370. The third-order valence-corrected chi connectivity index (χ3v) is 7.34. The van der Waals surface area contributed by atoms with Gasteiger partial charge in [-0.3, -0.25) is 4.72 Å². The maximum Gasteiger partial charge on any atom is 0.261 e. The standard InChI is InChI=1S/C27H31N3O2S/c1-5-30-25-13-9-8-12-24(25)28-26(30)19-14-20-10-6-7-11-23(20)29-33(31,32)22-17-15-21(16-18-22)27(2,3)4/h6-13,15-18,29H,5,14,19H2,1-4H3. The van der Waals surface area contributed by atoms with Crippen molar-refractivity contribution in [3.05, 3.63) is 89.7 Å². The lowest BCUT2D eigenvalue weighted by molar-refractivity contribution is 0.587. The average molecular weight is 462 g/mol. The molecule has 0 radical (unpaired) electrons. The summed E-state index contributed by atoms with van der Waals surface area (Å²) in [5.41, 5.74) is 4.74. The molecule has 0 saturated carbocycles. The molecule has 0 fully saturated rings. The molecule has 0 bridgehead atoms. The summed E-state index contributed by atoms with van der Waals surface area (Å²) in [6, 6.07) is 22.8. The summed E-state index contributed by atoms with van der Waals surface area (Å²) in [6.45, 7) is 9.28. The number of sulfonamides is 1. The number of hydrogen-bond donors (Lipinski definition) is 1. The number of nitrogens with one attached hydrogen (secondary N) is 1. The van der Waals surface area contributed by atoms with Crippen molar-refractivity contribution in [1.82, 2.24) is 9.55 Å². The molecule has 0 atom stereocenters. The van der Waals surface area contributed by atoms with E-state index in [4.69, 9.17) is 4.98 Å². The van der Waals surface area contributed by atoms with Crippen LogP contribution in [0.4, 0.5) is 5.69 Å². The topological polar surface area (TPSA) is 64.0 Å². The van der Waals surface area contributed by atoms with Gasteiger partial charge in [-0.15, -0.1) is 0 Å². The number of fused-ring (bicyclic) bond motifs is 1. The predicted molar refractivity (Wildman–Crippen MR) is 135 cm³/mol. The monoisotopic (exact) mass is 461 g/mol. The Morgan fingerprint density at radius 1 is 0.879 bits per heavy atom. The average Bonchev–Trinajstić information content (AvgIpc) is 3.15. The third kappa shape index (κ3) is 4.96. The van der Waals surface area contributed by atoms with Gasteiger partial charge in [0.15, 0.2) is 0 Å². The van der Waals surface area contributed by atoms with E-state index in [9.17, 15) is 8.42 Å². The van der Waals surface area contributed by atoms with E-state index in [1.54, 1.807) is 12.1 Å². The maximum atomic E-state index is 13.1. The number of nitrogens with zero attached hydrogens (tertiary/aromatic N) is 2. The number of benzene rings is 3. The largest absolute Gasteiger partial charge is 0.328 e. The molecule has 0 unspecified atom stereocenters. The molecule has 0 saturated heterocycles. The van der Waals surface area contributed by atoms with Crippen LogP contribution in [0.5, 0.6) is 0 Å². The molecule has 0 aliphatic carbocycles. The summed E-state index contributed by atoms with van der Waals surface area (Å²) in [5, 5.41) is 0. The zero-order valence-corrected chi connectivity index (χ0v) is 20.5. The van der Waals surface area contributed by atoms with Crippen molar-refractivity contribution >= 4 is 26.7 Å². The van der Waals surface area contributed by atoms with E-state index in [2.05, 4.69) is 43.1 Å². The van der Waals surface area contributed by atoms with Gasteiger partial charge in [0.25, 0.3) is 10.0 Å². The lowest BCUT2D eigenvalue weighted by atomic mass is 9.87. The van der Waals surface area contributed by atoms with E-state index in [1.165, 1.54) is 0 Å². The molecule has 0 aliphatic heterocycles. The van der Waals surface area contributed by atoms with Crippen LogP contribution in [0, 0.1) is 0 Å². The van der Waals surface area contributed by atoms with Crippen LogP contribution in [0.1, 0.15) is 44.6 Å². The fourth-order valence-electron chi connectivity index (χ4n) is 4.09. The molecule has 33 heavy (non-hydrogen) atoms. The second kappa shape index (κ2) is 9.02. The first kappa shape index (κ1) is 23.1. The van der Waals surface area contributed by atoms with E-state index < -0.39 is 10.0 Å². The molecule has 172 valence electrons. The highest BCUT2D eigenvalue weighted by Crippen LogP contribution is 2.26. The van der Waals surface area contributed by atoms with Gasteiger partial charge in [-0.1, -0.05) is 63.2 Å². The molecule has 0 spiro atoms. The summed E-state index contributed by atoms with van der Waals surface area (Å²) in [7, 11) is -3.69. The van der Waals surface area contributed by atoms with Gasteiger partial charge in [0.1, 0.15) is 5.82 Å². The minimum atomic E-state index is -3.69. The zero-order valence-electron chi connectivity index (χ0n) is 19.7. The van der Waals surface area contributed by atoms with Crippen LogP contribution in [-0.2, 0) is 34.8 Å². The van der Waals surface area contributed by atoms with Gasteiger partial charge in [-0.2, -0.15) is 0 Å². The van der Waals surface area contributed by atoms with Gasteiger partial charge in [-0.05, 0) is 60.2 Å². The summed E-state index contributed by atoms with van der Waals surface area (Å²) in [6.07, 6.45) is 1.41. The van der Waals surface area contributed by atoms with Crippen molar-refractivity contribution in [2.75, 3.05) is 4.72 Å². The molecule has 4 aromatic rings. The molecule has 6 heteroatoms. The first-order valence-corrected chi connectivity index (χ1v) is 12.8. The Hall–Kier alpha value is -3.12. The molecule has 0 amide bonds. The predicted octanol–water partition coefficient (Wildman–Crippen LogP) is 5.94. The van der Waals surface area contributed by atoms with E-state index in [1.807, 2.05) is 54.6 Å². The zero-order chi connectivity index (χ0) is 23.6. The molecular weight excluding hydrogens is 430 g/mol. The highest BCUT2D eigenvalue weighted by Gasteiger charge is 2.19. The Labute approximate surface area is 196 Å². The van der Waals surface area contributed by atoms with E-state index >= 15 is 0 Å². The van der Waals surface area contributed by atoms with Crippen molar-refractivity contribution in [3.8, 4) is 0 Å². The number of aromatic nitrogens is 2. The molecular formula is C27H31N3O2S. The van der Waals surface area contributed by atoms with Gasteiger partial charge in [0.2, 0.25) is 0 Å². The van der Waals surface area contributed by atoms with Gasteiger partial charge in [0, 0.05) is 13.0 Å². The Balaban J connectivity index is 1.56. The van der Waals surface area contributed by atoms with Crippen molar-refractivity contribution in [2.24, 2.45) is 0 Å². The van der Waals surface area contributed by atoms with Crippen LogP contribution >= 0.6 is 0 Å². The molecule has 1 aromatic heterocycles. The number of aryl methyl sites for hydroxylation is 3. The SMILES string of the molecule is CCn1c(CCc2ccccc2NS(=O)(=O)c2ccc(C(C)(C)C)cc2)nc2ccccc21. The normalized spacial score (nSPS) is 12.2. The smallest absolute Gasteiger partial charge is 0.261 e. The van der Waals surface area contributed by atoms with Crippen molar-refractivity contribution < 1.29 is 8.42 Å². The minimum Gasteiger partial charge on any atom is -0.328 e. The Morgan fingerprint density at radius 2 is 1.55 bits per heavy atom. The van der Waals surface area contributed by atoms with Gasteiger partial charge < -0.3 is 4.57 Å². The summed E-state index contributed by atoms with van der Waals surface area (Å²) in [5.74, 6) is 1.01. The first-order chi connectivity index (χ1) is 15.7. The fourth-order valence-corrected chi connectivity index (χ4v) is 5.19. The number of hydrogen-bond acceptors (Lipinski definition) is 3. The highest BCUT2D eigenvalue weighted by molar-refractivity contribution is 7.92. The van der Waals surface area contributed by atoms with Crippen LogP contribution in [0.15, 0.2) is 77.7 Å². The van der Waals surface area contributed by atoms with Crippen LogP contribution in [0.2, 0.25) is 0 Å². The lowest BCUT2D eigenvalue weighted by Gasteiger charge is -2.19. The third-order valence-electron chi connectivity index (χ3n) is 5.96. The van der Waals surface area contributed by atoms with Crippen molar-refractivity contribution in [3.63, 3.8) is 0 Å². The fraction of sp³-hybridized carbons (Fsp3) is 0.296. The Bertz CT molecular complexity index is 1360. The number of rotatable bonds is 7. The first-order valence-electron chi connectivity index (χ1n) is 11.3. The van der Waals surface area contributed by atoms with E-state index in [0.29, 0.717) is 12.1 Å². The van der Waals surface area contributed by atoms with Crippen molar-refractivity contribution in [2.45, 2.75) is 57.4 Å². The maximum absolute atomic E-state index is 13.1. The second-order valence-corrected chi connectivity index (χ2v) is 11.0. The number of imidazole rings is 1. The Morgan fingerprint density at radius 3 is 2.24 bits per heavy atom. The summed E-state index contributed by atoms with van der Waals surface area (Å²) >= 11 is 0. The molecule has 1 heterocycles. The van der Waals surface area contributed by atoms with Crippen LogP contribution in [-0.4, -0.2) is 18.0 Å². The molecule has 0 aliphatic rings. The second-order valence-electron chi connectivity index (χ2n) is 9.30. The molecule has 1 N–H and O–H groups in total. The van der Waals surface area contributed by atoms with Crippen LogP contribution in [0.3, 0.4) is 0 Å². The number of anilines is 1. The van der Waals surface area contributed by atoms with E-state index in [-0.39, 0.29) is 10.3 Å². The van der Waals surface area contributed by atoms with Crippen molar-refractivity contribution in [1.29, 1.82) is 0 Å². The molecule has 3 aromatic carbocycles. The number of para-hydroxylation sites is 3. The molecule has 5 nitrogen and oxygen atoms in total. The van der Waals surface area contributed by atoms with Crippen LogP contribution in [0.25, 0.3) is 11.0 Å². The summed E-state index contributed by atoms with van der Waals surface area (Å²) < 4.78 is 31.2.